The lowest BCUT2D eigenvalue weighted by atomic mass is 9.94. The van der Waals surface area contributed by atoms with Crippen molar-refractivity contribution in [3.63, 3.8) is 0 Å². The first-order valence-corrected chi connectivity index (χ1v) is 9.51. The summed E-state index contributed by atoms with van der Waals surface area (Å²) in [6, 6.07) is 4.39. The van der Waals surface area contributed by atoms with E-state index in [1.165, 1.54) is 17.0 Å². The zero-order chi connectivity index (χ0) is 20.4. The van der Waals surface area contributed by atoms with Gasteiger partial charge in [-0.15, -0.1) is 0 Å². The van der Waals surface area contributed by atoms with Crippen molar-refractivity contribution in [1.29, 1.82) is 0 Å². The fourth-order valence-corrected chi connectivity index (χ4v) is 3.75. The standard InChI is InChI=1S/C20H24FN3O4/c1-13(14-8-10-15(21)11-9-14)22(2)17(25)12-23-18(26)19(27)24(20(23)28)16-6-4-3-5-7-16/h8-11,13,16H,3-7,12H2,1-2H3. The number of carbonyl (C=O) groups excluding carboxylic acids is 4. The monoisotopic (exact) mass is 389 g/mol. The van der Waals surface area contributed by atoms with Gasteiger partial charge in [0.15, 0.2) is 0 Å². The van der Waals surface area contributed by atoms with E-state index in [9.17, 15) is 23.6 Å². The number of urea groups is 1. The summed E-state index contributed by atoms with van der Waals surface area (Å²) in [5.74, 6) is -2.65. The molecule has 1 aromatic rings. The van der Waals surface area contributed by atoms with Crippen molar-refractivity contribution in [3.05, 3.63) is 35.6 Å². The van der Waals surface area contributed by atoms with Crippen LogP contribution in [-0.4, -0.2) is 58.1 Å². The van der Waals surface area contributed by atoms with Gasteiger partial charge in [0, 0.05) is 13.1 Å². The molecule has 28 heavy (non-hydrogen) atoms. The Morgan fingerprint density at radius 1 is 1.11 bits per heavy atom. The van der Waals surface area contributed by atoms with Gasteiger partial charge in [-0.2, -0.15) is 0 Å². The van der Waals surface area contributed by atoms with Crippen LogP contribution >= 0.6 is 0 Å². The number of hydrogen-bond acceptors (Lipinski definition) is 4. The molecular weight excluding hydrogens is 365 g/mol. The van der Waals surface area contributed by atoms with Gasteiger partial charge in [0.05, 0.1) is 6.04 Å². The molecule has 1 unspecified atom stereocenters. The highest BCUT2D eigenvalue weighted by atomic mass is 19.1. The second-order valence-corrected chi connectivity index (χ2v) is 7.37. The van der Waals surface area contributed by atoms with Gasteiger partial charge in [-0.05, 0) is 37.5 Å². The Kier molecular flexibility index (Phi) is 5.76. The van der Waals surface area contributed by atoms with Crippen LogP contribution < -0.4 is 0 Å². The summed E-state index contributed by atoms with van der Waals surface area (Å²) in [5.41, 5.74) is 0.719. The molecular formula is C20H24FN3O4. The fraction of sp³-hybridized carbons (Fsp3) is 0.500. The van der Waals surface area contributed by atoms with Crippen LogP contribution in [0.3, 0.4) is 0 Å². The van der Waals surface area contributed by atoms with Crippen LogP contribution in [0.2, 0.25) is 0 Å². The molecule has 0 N–H and O–H groups in total. The van der Waals surface area contributed by atoms with Crippen molar-refractivity contribution >= 4 is 23.8 Å². The Balaban J connectivity index is 1.68. The Morgan fingerprint density at radius 3 is 2.32 bits per heavy atom. The first kappa shape index (κ1) is 20.0. The summed E-state index contributed by atoms with van der Waals surface area (Å²) in [4.78, 5) is 53.1. The van der Waals surface area contributed by atoms with E-state index in [1.807, 2.05) is 0 Å². The maximum absolute atomic E-state index is 13.1. The van der Waals surface area contributed by atoms with E-state index in [0.29, 0.717) is 12.8 Å². The van der Waals surface area contributed by atoms with Gasteiger partial charge in [-0.3, -0.25) is 19.3 Å². The molecule has 1 aliphatic carbocycles. The number of imide groups is 2. The largest absolute Gasteiger partial charge is 0.337 e. The van der Waals surface area contributed by atoms with Crippen LogP contribution in [0, 0.1) is 5.82 Å². The third kappa shape index (κ3) is 3.76. The number of hydrogen-bond donors (Lipinski definition) is 0. The molecule has 0 spiro atoms. The zero-order valence-corrected chi connectivity index (χ0v) is 16.1. The van der Waals surface area contributed by atoms with Crippen LogP contribution in [0.25, 0.3) is 0 Å². The molecule has 1 saturated carbocycles. The summed E-state index contributed by atoms with van der Waals surface area (Å²) in [6.07, 6.45) is 4.25. The molecule has 0 radical (unpaired) electrons. The van der Waals surface area contributed by atoms with E-state index in [0.717, 1.165) is 34.6 Å². The van der Waals surface area contributed by atoms with Gasteiger partial charge in [-0.1, -0.05) is 31.4 Å². The molecule has 1 saturated heterocycles. The van der Waals surface area contributed by atoms with Crippen LogP contribution in [0.15, 0.2) is 24.3 Å². The average Bonchev–Trinajstić information content (AvgIpc) is 2.91. The van der Waals surface area contributed by atoms with Gasteiger partial charge >= 0.3 is 17.8 Å². The predicted molar refractivity (Wildman–Crippen MR) is 98.4 cm³/mol. The van der Waals surface area contributed by atoms with Gasteiger partial charge in [0.1, 0.15) is 12.4 Å². The van der Waals surface area contributed by atoms with Crippen LogP contribution in [-0.2, 0) is 14.4 Å². The van der Waals surface area contributed by atoms with Crippen molar-refractivity contribution in [2.45, 2.75) is 51.1 Å². The number of carbonyl (C=O) groups is 4. The topological polar surface area (TPSA) is 78.0 Å². The van der Waals surface area contributed by atoms with Crippen LogP contribution in [0.4, 0.5) is 9.18 Å². The number of benzene rings is 1. The number of rotatable bonds is 5. The molecule has 1 aromatic carbocycles. The molecule has 7 nitrogen and oxygen atoms in total. The predicted octanol–water partition coefficient (Wildman–Crippen LogP) is 2.47. The number of amides is 5. The van der Waals surface area contributed by atoms with E-state index in [-0.39, 0.29) is 17.9 Å². The molecule has 8 heteroatoms. The lowest BCUT2D eigenvalue weighted by Crippen LogP contribution is -2.45. The lowest BCUT2D eigenvalue weighted by Gasteiger charge is -2.29. The molecule has 0 bridgehead atoms. The molecule has 2 fully saturated rings. The fourth-order valence-electron chi connectivity index (χ4n) is 3.75. The van der Waals surface area contributed by atoms with E-state index < -0.39 is 30.3 Å². The minimum atomic E-state index is -0.952. The number of halogens is 1. The van der Waals surface area contributed by atoms with E-state index in [1.54, 1.807) is 26.1 Å². The van der Waals surface area contributed by atoms with Crippen molar-refractivity contribution in [2.24, 2.45) is 0 Å². The zero-order valence-electron chi connectivity index (χ0n) is 16.1. The van der Waals surface area contributed by atoms with Gasteiger partial charge < -0.3 is 4.90 Å². The summed E-state index contributed by atoms with van der Waals surface area (Å²) in [7, 11) is 1.54. The van der Waals surface area contributed by atoms with Gasteiger partial charge in [-0.25, -0.2) is 14.1 Å². The van der Waals surface area contributed by atoms with E-state index >= 15 is 0 Å². The summed E-state index contributed by atoms with van der Waals surface area (Å²) in [6.45, 7) is 1.27. The second-order valence-electron chi connectivity index (χ2n) is 7.37. The Hall–Kier alpha value is -2.77. The first-order chi connectivity index (χ1) is 13.3. The molecule has 2 aliphatic rings. The molecule has 3 rings (SSSR count). The SMILES string of the molecule is CC(c1ccc(F)cc1)N(C)C(=O)CN1C(=O)C(=O)N(C2CCCCC2)C1=O. The lowest BCUT2D eigenvalue weighted by molar-refractivity contribution is -0.145. The van der Waals surface area contributed by atoms with Crippen LogP contribution in [0.1, 0.15) is 50.6 Å². The highest BCUT2D eigenvalue weighted by molar-refractivity contribution is 6.45. The highest BCUT2D eigenvalue weighted by Crippen LogP contribution is 2.27. The minimum Gasteiger partial charge on any atom is -0.337 e. The van der Waals surface area contributed by atoms with E-state index in [4.69, 9.17) is 0 Å². The minimum absolute atomic E-state index is 0.270. The molecule has 1 atom stereocenters. The smallest absolute Gasteiger partial charge is 0.334 e. The first-order valence-electron chi connectivity index (χ1n) is 9.51. The third-order valence-electron chi connectivity index (χ3n) is 5.64. The summed E-state index contributed by atoms with van der Waals surface area (Å²) in [5, 5.41) is 0. The number of nitrogens with zero attached hydrogens (tertiary/aromatic N) is 3. The Labute approximate surface area is 163 Å². The maximum Gasteiger partial charge on any atom is 0.334 e. The molecule has 150 valence electrons. The van der Waals surface area contributed by atoms with Crippen molar-refractivity contribution < 1.29 is 23.6 Å². The number of likely N-dealkylation sites (N-methyl/N-ethyl adjacent to an activating group) is 1. The molecule has 1 heterocycles. The average molecular weight is 389 g/mol. The van der Waals surface area contributed by atoms with Gasteiger partial charge in [0.25, 0.3) is 0 Å². The van der Waals surface area contributed by atoms with Crippen molar-refractivity contribution in [3.8, 4) is 0 Å². The Morgan fingerprint density at radius 2 is 1.71 bits per heavy atom. The summed E-state index contributed by atoms with van der Waals surface area (Å²) < 4.78 is 13.1. The quantitative estimate of drug-likeness (QED) is 0.573. The second kappa shape index (κ2) is 8.08. The molecule has 0 aromatic heterocycles. The summed E-state index contributed by atoms with van der Waals surface area (Å²) >= 11 is 0. The van der Waals surface area contributed by atoms with Crippen molar-refractivity contribution in [1.82, 2.24) is 14.7 Å². The molecule has 5 amide bonds. The van der Waals surface area contributed by atoms with Crippen LogP contribution in [0.5, 0.6) is 0 Å². The maximum atomic E-state index is 13.1. The van der Waals surface area contributed by atoms with E-state index in [2.05, 4.69) is 0 Å². The van der Waals surface area contributed by atoms with Gasteiger partial charge in [0.2, 0.25) is 5.91 Å². The highest BCUT2D eigenvalue weighted by Gasteiger charge is 2.48. The normalized spacial score (nSPS) is 19.3. The Bertz CT molecular complexity index is 789. The van der Waals surface area contributed by atoms with Crippen molar-refractivity contribution in [2.75, 3.05) is 13.6 Å². The molecule has 1 aliphatic heterocycles. The third-order valence-corrected chi connectivity index (χ3v) is 5.64.